The number of benzene rings is 1. The van der Waals surface area contributed by atoms with Gasteiger partial charge in [0.2, 0.25) is 5.78 Å². The van der Waals surface area contributed by atoms with Gasteiger partial charge in [0.15, 0.2) is 5.60 Å². The van der Waals surface area contributed by atoms with Gasteiger partial charge in [-0.1, -0.05) is 36.9 Å². The lowest BCUT2D eigenvalue weighted by atomic mass is 9.96. The molecular weight excluding hydrogens is 216 g/mol. The lowest BCUT2D eigenvalue weighted by Gasteiger charge is -2.22. The number of ketones is 1. The highest BCUT2D eigenvalue weighted by Gasteiger charge is 2.31. The fraction of sp³-hybridized carbons (Fsp3) is 0.286. The zero-order chi connectivity index (χ0) is 13.1. The van der Waals surface area contributed by atoms with Gasteiger partial charge in [-0.3, -0.25) is 9.59 Å². The average Bonchev–Trinajstić information content (AvgIpc) is 2.26. The lowest BCUT2D eigenvalue weighted by Crippen LogP contribution is -2.36. The SMILES string of the molecule is C=Cc1ccc(C(=O)C(C)(C)OC(C)=O)cc1. The number of carbonyl (C=O) groups is 2. The maximum Gasteiger partial charge on any atom is 0.303 e. The number of rotatable bonds is 4. The van der Waals surface area contributed by atoms with Crippen LogP contribution in [0.25, 0.3) is 6.08 Å². The smallest absolute Gasteiger partial charge is 0.303 e. The van der Waals surface area contributed by atoms with Gasteiger partial charge in [0.25, 0.3) is 0 Å². The van der Waals surface area contributed by atoms with Crippen molar-refractivity contribution in [1.29, 1.82) is 0 Å². The molecule has 0 aliphatic carbocycles. The third kappa shape index (κ3) is 3.28. The zero-order valence-electron chi connectivity index (χ0n) is 10.3. The second kappa shape index (κ2) is 4.95. The van der Waals surface area contributed by atoms with E-state index in [2.05, 4.69) is 6.58 Å². The molecule has 0 bridgehead atoms. The fourth-order valence-electron chi connectivity index (χ4n) is 1.52. The number of Topliss-reactive ketones (excluding diaryl/α,β-unsaturated/α-hetero) is 1. The molecule has 0 heterocycles. The molecule has 17 heavy (non-hydrogen) atoms. The molecule has 0 aliphatic heterocycles. The summed E-state index contributed by atoms with van der Waals surface area (Å²) in [5.74, 6) is -0.686. The van der Waals surface area contributed by atoms with E-state index in [1.165, 1.54) is 6.92 Å². The predicted molar refractivity (Wildman–Crippen MR) is 66.7 cm³/mol. The van der Waals surface area contributed by atoms with Crippen molar-refractivity contribution in [3.8, 4) is 0 Å². The van der Waals surface area contributed by atoms with Crippen molar-refractivity contribution in [2.24, 2.45) is 0 Å². The molecule has 0 atom stereocenters. The third-order valence-corrected chi connectivity index (χ3v) is 2.35. The molecule has 1 aromatic rings. The molecule has 0 saturated heterocycles. The summed E-state index contributed by atoms with van der Waals surface area (Å²) in [5.41, 5.74) is 0.315. The molecule has 1 aromatic carbocycles. The number of carbonyl (C=O) groups excluding carboxylic acids is 2. The molecule has 0 spiro atoms. The minimum Gasteiger partial charge on any atom is -0.451 e. The van der Waals surface area contributed by atoms with Gasteiger partial charge in [-0.05, 0) is 19.4 Å². The molecule has 0 fully saturated rings. The molecule has 90 valence electrons. The molecule has 0 amide bonds. The number of hydrogen-bond donors (Lipinski definition) is 0. The summed E-state index contributed by atoms with van der Waals surface area (Å²) in [5, 5.41) is 0. The van der Waals surface area contributed by atoms with Crippen LogP contribution in [0.15, 0.2) is 30.8 Å². The monoisotopic (exact) mass is 232 g/mol. The van der Waals surface area contributed by atoms with E-state index in [4.69, 9.17) is 4.74 Å². The summed E-state index contributed by atoms with van der Waals surface area (Å²) in [6.07, 6.45) is 1.70. The topological polar surface area (TPSA) is 43.4 Å². The lowest BCUT2D eigenvalue weighted by molar-refractivity contribution is -0.149. The van der Waals surface area contributed by atoms with Crippen molar-refractivity contribution in [1.82, 2.24) is 0 Å². The first-order valence-corrected chi connectivity index (χ1v) is 5.33. The Hall–Kier alpha value is -1.90. The van der Waals surface area contributed by atoms with Crippen molar-refractivity contribution in [3.05, 3.63) is 42.0 Å². The number of ether oxygens (including phenoxy) is 1. The van der Waals surface area contributed by atoms with Crippen LogP contribution in [0, 0.1) is 0 Å². The highest BCUT2D eigenvalue weighted by atomic mass is 16.6. The normalized spacial score (nSPS) is 10.8. The first-order chi connectivity index (χ1) is 7.86. The summed E-state index contributed by atoms with van der Waals surface area (Å²) in [6.45, 7) is 8.09. The van der Waals surface area contributed by atoms with E-state index in [-0.39, 0.29) is 5.78 Å². The highest BCUT2D eigenvalue weighted by Crippen LogP contribution is 2.18. The summed E-state index contributed by atoms with van der Waals surface area (Å²) in [4.78, 5) is 23.0. The maximum atomic E-state index is 12.1. The van der Waals surface area contributed by atoms with Crippen LogP contribution < -0.4 is 0 Å². The van der Waals surface area contributed by atoms with E-state index >= 15 is 0 Å². The van der Waals surface area contributed by atoms with E-state index in [9.17, 15) is 9.59 Å². The molecule has 0 N–H and O–H groups in total. The van der Waals surface area contributed by atoms with Crippen molar-refractivity contribution in [3.63, 3.8) is 0 Å². The van der Waals surface area contributed by atoms with Crippen molar-refractivity contribution in [2.45, 2.75) is 26.4 Å². The summed E-state index contributed by atoms with van der Waals surface area (Å²) >= 11 is 0. The van der Waals surface area contributed by atoms with Crippen LogP contribution in [0.2, 0.25) is 0 Å². The standard InChI is InChI=1S/C14H16O3/c1-5-11-6-8-12(9-7-11)13(16)14(3,4)17-10(2)15/h5-9H,1H2,2-4H3. The van der Waals surface area contributed by atoms with Crippen molar-refractivity contribution < 1.29 is 14.3 Å². The van der Waals surface area contributed by atoms with Crippen LogP contribution >= 0.6 is 0 Å². The molecule has 1 rings (SSSR count). The third-order valence-electron chi connectivity index (χ3n) is 2.35. The Morgan fingerprint density at radius 3 is 2.18 bits per heavy atom. The Morgan fingerprint density at radius 2 is 1.76 bits per heavy atom. The van der Waals surface area contributed by atoms with Crippen LogP contribution in [0.3, 0.4) is 0 Å². The van der Waals surface area contributed by atoms with Gasteiger partial charge in [-0.15, -0.1) is 0 Å². The van der Waals surface area contributed by atoms with E-state index in [0.29, 0.717) is 5.56 Å². The Labute approximate surface area is 101 Å². The fourth-order valence-corrected chi connectivity index (χ4v) is 1.52. The van der Waals surface area contributed by atoms with Crippen LogP contribution in [0.4, 0.5) is 0 Å². The van der Waals surface area contributed by atoms with Gasteiger partial charge in [0.05, 0.1) is 0 Å². The highest BCUT2D eigenvalue weighted by molar-refractivity contribution is 6.02. The van der Waals surface area contributed by atoms with Crippen LogP contribution in [0.1, 0.15) is 36.7 Å². The number of esters is 1. The largest absolute Gasteiger partial charge is 0.451 e. The maximum absolute atomic E-state index is 12.1. The first kappa shape index (κ1) is 13.2. The van der Waals surface area contributed by atoms with Gasteiger partial charge in [-0.25, -0.2) is 0 Å². The molecule has 3 heteroatoms. The first-order valence-electron chi connectivity index (χ1n) is 5.33. The van der Waals surface area contributed by atoms with Crippen molar-refractivity contribution in [2.75, 3.05) is 0 Å². The van der Waals surface area contributed by atoms with E-state index in [1.807, 2.05) is 0 Å². The van der Waals surface area contributed by atoms with Gasteiger partial charge in [0.1, 0.15) is 0 Å². The minimum atomic E-state index is -1.14. The number of hydrogen-bond acceptors (Lipinski definition) is 3. The minimum absolute atomic E-state index is 0.219. The van der Waals surface area contributed by atoms with Gasteiger partial charge in [0, 0.05) is 12.5 Å². The van der Waals surface area contributed by atoms with E-state index in [1.54, 1.807) is 44.2 Å². The van der Waals surface area contributed by atoms with Crippen LogP contribution in [-0.2, 0) is 9.53 Å². The molecule has 0 aromatic heterocycles. The van der Waals surface area contributed by atoms with Crippen LogP contribution in [-0.4, -0.2) is 17.4 Å². The van der Waals surface area contributed by atoms with Crippen molar-refractivity contribution >= 4 is 17.8 Å². The summed E-state index contributed by atoms with van der Waals surface area (Å²) < 4.78 is 5.00. The molecule has 3 nitrogen and oxygen atoms in total. The molecule has 0 unspecified atom stereocenters. The molecule has 0 saturated carbocycles. The molecule has 0 aliphatic rings. The van der Waals surface area contributed by atoms with Gasteiger partial charge in [-0.2, -0.15) is 0 Å². The zero-order valence-corrected chi connectivity index (χ0v) is 10.3. The van der Waals surface area contributed by atoms with Gasteiger partial charge >= 0.3 is 5.97 Å². The van der Waals surface area contributed by atoms with E-state index in [0.717, 1.165) is 5.56 Å². The van der Waals surface area contributed by atoms with Gasteiger partial charge < -0.3 is 4.74 Å². The Balaban J connectivity index is 2.95. The summed E-state index contributed by atoms with van der Waals surface area (Å²) in [7, 11) is 0. The summed E-state index contributed by atoms with van der Waals surface area (Å²) in [6, 6.07) is 6.99. The predicted octanol–water partition coefficient (Wildman–Crippen LogP) is 2.85. The Bertz CT molecular complexity index is 441. The van der Waals surface area contributed by atoms with Crippen LogP contribution in [0.5, 0.6) is 0 Å². The Morgan fingerprint density at radius 1 is 1.24 bits per heavy atom. The average molecular weight is 232 g/mol. The molecule has 0 radical (unpaired) electrons. The quantitative estimate of drug-likeness (QED) is 0.592. The Kier molecular flexibility index (Phi) is 3.84. The molecular formula is C14H16O3. The second-order valence-electron chi connectivity index (χ2n) is 4.26. The second-order valence-corrected chi connectivity index (χ2v) is 4.26. The van der Waals surface area contributed by atoms with E-state index < -0.39 is 11.6 Å².